The van der Waals surface area contributed by atoms with Gasteiger partial charge in [0, 0.05) is 6.92 Å². The van der Waals surface area contributed by atoms with E-state index in [9.17, 15) is 9.90 Å². The van der Waals surface area contributed by atoms with Crippen molar-refractivity contribution >= 4 is 5.91 Å². The Bertz CT molecular complexity index is 650. The van der Waals surface area contributed by atoms with Crippen molar-refractivity contribution in [2.75, 3.05) is 13.7 Å². The molecule has 0 unspecified atom stereocenters. The molecule has 2 N–H and O–H groups in total. The Morgan fingerprint density at radius 2 is 2.00 bits per heavy atom. The number of aliphatic hydroxyl groups is 1. The zero-order valence-electron chi connectivity index (χ0n) is 15.3. The van der Waals surface area contributed by atoms with Gasteiger partial charge in [-0.1, -0.05) is 12.1 Å². The van der Waals surface area contributed by atoms with Gasteiger partial charge in [0.15, 0.2) is 17.3 Å². The quantitative estimate of drug-likeness (QED) is 0.813. The topological polar surface area (TPSA) is 95.5 Å². The number of aliphatic hydroxyl groups excluding tert-OH is 1. The van der Waals surface area contributed by atoms with Crippen LogP contribution in [-0.4, -0.2) is 61.2 Å². The van der Waals surface area contributed by atoms with Crippen molar-refractivity contribution in [2.45, 2.75) is 57.2 Å². The second kappa shape index (κ2) is 7.40. The molecule has 144 valence electrons. The average Bonchev–Trinajstić information content (AvgIpc) is 2.59. The highest BCUT2D eigenvalue weighted by Crippen LogP contribution is 2.35. The van der Waals surface area contributed by atoms with Gasteiger partial charge in [-0.15, -0.1) is 0 Å². The fraction of sp³-hybridized carbons (Fsp3) is 0.611. The first-order valence-electron chi connectivity index (χ1n) is 8.53. The third kappa shape index (κ3) is 3.93. The number of hydrogen-bond donors (Lipinski definition) is 2. The highest BCUT2D eigenvalue weighted by atomic mass is 16.8. The average molecular weight is 367 g/mol. The van der Waals surface area contributed by atoms with Crippen LogP contribution < -0.4 is 14.8 Å². The van der Waals surface area contributed by atoms with E-state index in [0.717, 1.165) is 0 Å². The van der Waals surface area contributed by atoms with Crippen molar-refractivity contribution in [3.8, 4) is 11.5 Å². The molecule has 0 radical (unpaired) electrons. The van der Waals surface area contributed by atoms with Crippen LogP contribution in [0.5, 0.6) is 11.5 Å². The number of methoxy groups -OCH3 is 1. The summed E-state index contributed by atoms with van der Waals surface area (Å²) in [7, 11) is 1.53. The Kier molecular flexibility index (Phi) is 5.38. The van der Waals surface area contributed by atoms with E-state index >= 15 is 0 Å². The summed E-state index contributed by atoms with van der Waals surface area (Å²) in [5.74, 6) is -0.190. The zero-order valence-corrected chi connectivity index (χ0v) is 15.3. The Hall–Kier alpha value is -1.87. The molecule has 8 heteroatoms. The third-order valence-electron chi connectivity index (χ3n) is 4.37. The second-order valence-electron chi connectivity index (χ2n) is 6.82. The van der Waals surface area contributed by atoms with Crippen molar-refractivity contribution in [3.63, 3.8) is 0 Å². The molecule has 0 saturated carbocycles. The molecule has 1 aromatic carbocycles. The maximum Gasteiger partial charge on any atom is 0.223 e. The van der Waals surface area contributed by atoms with Crippen LogP contribution in [0, 0.1) is 0 Å². The summed E-state index contributed by atoms with van der Waals surface area (Å²) < 4.78 is 28.6. The number of carbonyl (C=O) groups excluding carboxylic acids is 1. The van der Waals surface area contributed by atoms with Crippen LogP contribution in [0.15, 0.2) is 24.3 Å². The molecule has 0 aliphatic carbocycles. The summed E-state index contributed by atoms with van der Waals surface area (Å²) in [5.41, 5.74) is 0. The molecular formula is C18H25NO7. The van der Waals surface area contributed by atoms with E-state index in [1.165, 1.54) is 14.0 Å². The van der Waals surface area contributed by atoms with Crippen LogP contribution in [0.4, 0.5) is 0 Å². The minimum atomic E-state index is -1.03. The van der Waals surface area contributed by atoms with Gasteiger partial charge < -0.3 is 34.1 Å². The SMILES string of the molecule is COc1ccccc1O[C@H]1O[C@@H]2COC(C)(C)O[C@@H]2[C@H](O)[C@@H]1NC(C)=O. The number of amides is 1. The van der Waals surface area contributed by atoms with Crippen LogP contribution >= 0.6 is 0 Å². The van der Waals surface area contributed by atoms with E-state index in [-0.39, 0.29) is 12.5 Å². The normalized spacial score (nSPS) is 33.0. The monoisotopic (exact) mass is 367 g/mol. The van der Waals surface area contributed by atoms with E-state index in [2.05, 4.69) is 5.32 Å². The number of carbonyl (C=O) groups is 1. The Morgan fingerprint density at radius 3 is 2.65 bits per heavy atom. The molecule has 1 amide bonds. The maximum atomic E-state index is 11.6. The maximum absolute atomic E-state index is 11.6. The molecule has 2 aliphatic rings. The van der Waals surface area contributed by atoms with Gasteiger partial charge >= 0.3 is 0 Å². The molecule has 2 heterocycles. The number of fused-ring (bicyclic) bond motifs is 1. The van der Waals surface area contributed by atoms with Crippen LogP contribution in [0.25, 0.3) is 0 Å². The van der Waals surface area contributed by atoms with E-state index < -0.39 is 36.4 Å². The molecule has 2 aliphatic heterocycles. The molecular weight excluding hydrogens is 342 g/mol. The Morgan fingerprint density at radius 1 is 1.31 bits per heavy atom. The Balaban J connectivity index is 1.84. The fourth-order valence-corrected chi connectivity index (χ4v) is 3.17. The summed E-state index contributed by atoms with van der Waals surface area (Å²) >= 11 is 0. The first-order chi connectivity index (χ1) is 12.3. The summed E-state index contributed by atoms with van der Waals surface area (Å²) in [5, 5.41) is 13.5. The Labute approximate surface area is 152 Å². The molecule has 8 nitrogen and oxygen atoms in total. The smallest absolute Gasteiger partial charge is 0.223 e. The predicted molar refractivity (Wildman–Crippen MR) is 90.8 cm³/mol. The molecule has 1 aromatic rings. The predicted octanol–water partition coefficient (Wildman–Crippen LogP) is 0.816. The van der Waals surface area contributed by atoms with Gasteiger partial charge in [0.2, 0.25) is 12.2 Å². The fourth-order valence-electron chi connectivity index (χ4n) is 3.17. The minimum Gasteiger partial charge on any atom is -0.493 e. The van der Waals surface area contributed by atoms with Gasteiger partial charge in [0.25, 0.3) is 0 Å². The lowest BCUT2D eigenvalue weighted by Gasteiger charge is -2.49. The number of benzene rings is 1. The van der Waals surface area contributed by atoms with Crippen LogP contribution in [0.2, 0.25) is 0 Å². The van der Waals surface area contributed by atoms with Gasteiger partial charge in [-0.2, -0.15) is 0 Å². The van der Waals surface area contributed by atoms with Crippen molar-refractivity contribution < 1.29 is 33.6 Å². The number of ether oxygens (including phenoxy) is 5. The van der Waals surface area contributed by atoms with Crippen molar-refractivity contribution in [1.82, 2.24) is 5.32 Å². The standard InChI is InChI=1S/C18H25NO7/c1-10(20)19-14-15(21)16-13(9-23-18(2,3)26-16)25-17(14)24-12-8-6-5-7-11(12)22-4/h5-8,13-17,21H,9H2,1-4H3,(H,19,20)/t13-,14+,15-,16+,17+/m1/s1. The summed E-state index contributed by atoms with van der Waals surface area (Å²) in [4.78, 5) is 11.6. The van der Waals surface area contributed by atoms with Gasteiger partial charge in [0.05, 0.1) is 13.7 Å². The molecule has 5 atom stereocenters. The van der Waals surface area contributed by atoms with Crippen molar-refractivity contribution in [3.05, 3.63) is 24.3 Å². The van der Waals surface area contributed by atoms with Gasteiger partial charge in [-0.3, -0.25) is 4.79 Å². The minimum absolute atomic E-state index is 0.243. The largest absolute Gasteiger partial charge is 0.493 e. The van der Waals surface area contributed by atoms with Gasteiger partial charge in [0.1, 0.15) is 24.4 Å². The number of rotatable bonds is 4. The molecule has 26 heavy (non-hydrogen) atoms. The third-order valence-corrected chi connectivity index (χ3v) is 4.37. The summed E-state index contributed by atoms with van der Waals surface area (Å²) in [6.45, 7) is 5.14. The van der Waals surface area contributed by atoms with Crippen LogP contribution in [0.3, 0.4) is 0 Å². The van der Waals surface area contributed by atoms with Crippen molar-refractivity contribution in [1.29, 1.82) is 0 Å². The van der Waals surface area contributed by atoms with E-state index in [1.807, 2.05) is 6.07 Å². The highest BCUT2D eigenvalue weighted by molar-refractivity contribution is 5.73. The molecule has 2 saturated heterocycles. The lowest BCUT2D eigenvalue weighted by molar-refractivity contribution is -0.361. The second-order valence-corrected chi connectivity index (χ2v) is 6.82. The molecule has 3 rings (SSSR count). The lowest BCUT2D eigenvalue weighted by atomic mass is 9.95. The summed E-state index contributed by atoms with van der Waals surface area (Å²) in [6, 6.07) is 6.27. The van der Waals surface area contributed by atoms with Crippen LogP contribution in [-0.2, 0) is 19.0 Å². The van der Waals surface area contributed by atoms with Crippen molar-refractivity contribution in [2.24, 2.45) is 0 Å². The van der Waals surface area contributed by atoms with Gasteiger partial charge in [-0.05, 0) is 26.0 Å². The number of nitrogens with one attached hydrogen (secondary N) is 1. The number of hydrogen-bond acceptors (Lipinski definition) is 7. The summed E-state index contributed by atoms with van der Waals surface area (Å²) in [6.07, 6.45) is -3.13. The molecule has 0 aromatic heterocycles. The molecule has 2 fully saturated rings. The zero-order chi connectivity index (χ0) is 18.9. The van der Waals surface area contributed by atoms with E-state index in [4.69, 9.17) is 23.7 Å². The first kappa shape index (κ1) is 18.9. The highest BCUT2D eigenvalue weighted by Gasteiger charge is 2.52. The number of para-hydroxylation sites is 2. The first-order valence-corrected chi connectivity index (χ1v) is 8.53. The molecule has 0 bridgehead atoms. The van der Waals surface area contributed by atoms with Crippen LogP contribution in [0.1, 0.15) is 20.8 Å². The van der Waals surface area contributed by atoms with E-state index in [0.29, 0.717) is 11.5 Å². The lowest BCUT2D eigenvalue weighted by Crippen LogP contribution is -2.69. The van der Waals surface area contributed by atoms with E-state index in [1.54, 1.807) is 32.0 Å². The van der Waals surface area contributed by atoms with Gasteiger partial charge in [-0.25, -0.2) is 0 Å². The molecule has 0 spiro atoms.